The van der Waals surface area contributed by atoms with Crippen molar-refractivity contribution in [2.75, 3.05) is 6.54 Å². The zero-order chi connectivity index (χ0) is 30.5. The number of alkyl carbamates (subject to hydrolysis) is 1. The summed E-state index contributed by atoms with van der Waals surface area (Å²) in [4.78, 5) is 43.1. The Balaban J connectivity index is 2.01. The number of carbonyl (C=O) groups excluding carboxylic acids is 3. The van der Waals surface area contributed by atoms with Gasteiger partial charge in [0.15, 0.2) is 0 Å². The fourth-order valence-electron chi connectivity index (χ4n) is 5.47. The molecular weight excluding hydrogens is 530 g/mol. The van der Waals surface area contributed by atoms with Crippen molar-refractivity contribution < 1.29 is 24.2 Å². The minimum atomic E-state index is -1.05. The number of rotatable bonds is 13. The molecule has 0 saturated heterocycles. The number of hydrogen-bond donors (Lipinski definition) is 3. The van der Waals surface area contributed by atoms with Crippen molar-refractivity contribution in [2.45, 2.75) is 116 Å². The van der Waals surface area contributed by atoms with E-state index in [-0.39, 0.29) is 24.1 Å². The molecule has 3 amide bonds. The number of ether oxygens (including phenoxy) is 1. The zero-order valence-corrected chi connectivity index (χ0v) is 25.7. The second-order valence-corrected chi connectivity index (χ2v) is 12.3. The number of aromatic hydroxyl groups is 1. The molecule has 8 nitrogen and oxygen atoms in total. The molecule has 3 rings (SSSR count). The normalized spacial score (nSPS) is 15.3. The molecule has 230 valence electrons. The van der Waals surface area contributed by atoms with Crippen molar-refractivity contribution in [3.8, 4) is 5.75 Å². The van der Waals surface area contributed by atoms with Gasteiger partial charge in [0.2, 0.25) is 11.8 Å². The van der Waals surface area contributed by atoms with Crippen LogP contribution in [0.25, 0.3) is 0 Å². The van der Waals surface area contributed by atoms with Gasteiger partial charge >= 0.3 is 6.09 Å². The van der Waals surface area contributed by atoms with Crippen LogP contribution in [-0.4, -0.2) is 52.1 Å². The number of hydrogen-bond acceptors (Lipinski definition) is 5. The Bertz CT molecular complexity index is 1140. The van der Waals surface area contributed by atoms with Gasteiger partial charge in [-0.2, -0.15) is 0 Å². The summed E-state index contributed by atoms with van der Waals surface area (Å²) in [6, 6.07) is 14.1. The van der Waals surface area contributed by atoms with Crippen LogP contribution in [0.2, 0.25) is 0 Å². The molecule has 1 aliphatic rings. The Kier molecular flexibility index (Phi) is 12.7. The molecule has 0 aromatic heterocycles. The highest BCUT2D eigenvalue weighted by Gasteiger charge is 2.38. The molecule has 1 aliphatic carbocycles. The Labute approximate surface area is 251 Å². The van der Waals surface area contributed by atoms with Crippen LogP contribution in [0.15, 0.2) is 54.6 Å². The highest BCUT2D eigenvalue weighted by atomic mass is 16.6. The Morgan fingerprint density at radius 2 is 1.62 bits per heavy atom. The molecular formula is C34H49N3O5. The molecule has 3 N–H and O–H groups in total. The standard InChI is InChI=1S/C34H49N3O5/c1-5-6-7-16-23-37(30(27-21-14-15-22-29(27)38)31(39)35-26-19-12-9-13-20-26)32(40)28(24-25-17-10-8-11-18-25)36-33(41)42-34(2,3)4/h8,10-11,14-15,17-18,21-22,26,28,30,38H,5-7,9,12-13,16,19-20,23-24H2,1-4H3,(H,35,39)(H,36,41). The number of para-hydroxylation sites is 1. The first-order chi connectivity index (χ1) is 20.1. The van der Waals surface area contributed by atoms with E-state index in [4.69, 9.17) is 4.74 Å². The maximum absolute atomic E-state index is 14.5. The molecule has 42 heavy (non-hydrogen) atoms. The summed E-state index contributed by atoms with van der Waals surface area (Å²) in [6.45, 7) is 7.72. The minimum absolute atomic E-state index is 0.0247. The van der Waals surface area contributed by atoms with Gasteiger partial charge in [0.05, 0.1) is 0 Å². The fourth-order valence-corrected chi connectivity index (χ4v) is 5.47. The van der Waals surface area contributed by atoms with Gasteiger partial charge in [-0.15, -0.1) is 0 Å². The van der Waals surface area contributed by atoms with Gasteiger partial charge in [-0.25, -0.2) is 4.79 Å². The summed E-state index contributed by atoms with van der Waals surface area (Å²) in [5.41, 5.74) is 0.483. The molecule has 8 heteroatoms. The predicted octanol–water partition coefficient (Wildman–Crippen LogP) is 6.43. The molecule has 2 aromatic carbocycles. The Morgan fingerprint density at radius 3 is 2.26 bits per heavy atom. The van der Waals surface area contributed by atoms with Crippen molar-refractivity contribution in [3.05, 3.63) is 65.7 Å². The maximum Gasteiger partial charge on any atom is 0.408 e. The summed E-state index contributed by atoms with van der Waals surface area (Å²) in [7, 11) is 0. The highest BCUT2D eigenvalue weighted by molar-refractivity contribution is 5.92. The van der Waals surface area contributed by atoms with E-state index in [1.807, 2.05) is 30.3 Å². The molecule has 0 radical (unpaired) electrons. The summed E-state index contributed by atoms with van der Waals surface area (Å²) in [5.74, 6) is -0.761. The third kappa shape index (κ3) is 10.4. The average Bonchev–Trinajstić information content (AvgIpc) is 2.95. The van der Waals surface area contributed by atoms with Gasteiger partial charge in [0, 0.05) is 24.6 Å². The number of benzene rings is 2. The third-order valence-electron chi connectivity index (χ3n) is 7.55. The average molecular weight is 580 g/mol. The van der Waals surface area contributed by atoms with E-state index in [1.54, 1.807) is 43.9 Å². The molecule has 1 saturated carbocycles. The number of amides is 3. The SMILES string of the molecule is CCCCCCN(C(=O)C(Cc1ccccc1)NC(=O)OC(C)(C)C)C(C(=O)NC1CCCCC1)c1ccccc1O. The van der Waals surface area contributed by atoms with Gasteiger partial charge in [-0.05, 0) is 51.7 Å². The second kappa shape index (κ2) is 16.2. The van der Waals surface area contributed by atoms with E-state index in [2.05, 4.69) is 17.6 Å². The predicted molar refractivity (Wildman–Crippen MR) is 165 cm³/mol. The molecule has 2 aromatic rings. The van der Waals surface area contributed by atoms with Crippen LogP contribution in [0.5, 0.6) is 5.75 Å². The number of nitrogens with zero attached hydrogens (tertiary/aromatic N) is 1. The van der Waals surface area contributed by atoms with Crippen molar-refractivity contribution in [1.82, 2.24) is 15.5 Å². The van der Waals surface area contributed by atoms with Crippen molar-refractivity contribution in [2.24, 2.45) is 0 Å². The molecule has 2 unspecified atom stereocenters. The number of carbonyl (C=O) groups is 3. The summed E-state index contributed by atoms with van der Waals surface area (Å²) in [5, 5.41) is 16.9. The van der Waals surface area contributed by atoms with E-state index < -0.39 is 29.7 Å². The number of unbranched alkanes of at least 4 members (excludes halogenated alkanes) is 3. The van der Waals surface area contributed by atoms with Crippen LogP contribution in [0.1, 0.15) is 103 Å². The lowest BCUT2D eigenvalue weighted by Gasteiger charge is -2.36. The van der Waals surface area contributed by atoms with Gasteiger partial charge < -0.3 is 25.4 Å². The lowest BCUT2D eigenvalue weighted by molar-refractivity contribution is -0.143. The molecule has 0 aliphatic heterocycles. The largest absolute Gasteiger partial charge is 0.508 e. The first-order valence-electron chi connectivity index (χ1n) is 15.5. The lowest BCUT2D eigenvalue weighted by atomic mass is 9.94. The van der Waals surface area contributed by atoms with Crippen LogP contribution >= 0.6 is 0 Å². The minimum Gasteiger partial charge on any atom is -0.508 e. The lowest BCUT2D eigenvalue weighted by Crippen LogP contribution is -2.54. The van der Waals surface area contributed by atoms with Gasteiger partial charge in [-0.3, -0.25) is 9.59 Å². The summed E-state index contributed by atoms with van der Waals surface area (Å²) < 4.78 is 5.52. The number of nitrogens with one attached hydrogen (secondary N) is 2. The molecule has 0 spiro atoms. The molecule has 0 bridgehead atoms. The first-order valence-corrected chi connectivity index (χ1v) is 15.5. The monoisotopic (exact) mass is 579 g/mol. The van der Waals surface area contributed by atoms with Crippen LogP contribution in [0.3, 0.4) is 0 Å². The quantitative estimate of drug-likeness (QED) is 0.237. The van der Waals surface area contributed by atoms with Gasteiger partial charge in [0.1, 0.15) is 23.4 Å². The topological polar surface area (TPSA) is 108 Å². The fraction of sp³-hybridized carbons (Fsp3) is 0.559. The van der Waals surface area contributed by atoms with E-state index in [0.29, 0.717) is 18.5 Å². The number of phenolic OH excluding ortho intramolecular Hbond substituents is 1. The third-order valence-corrected chi connectivity index (χ3v) is 7.55. The van der Waals surface area contributed by atoms with Gasteiger partial charge in [-0.1, -0.05) is 94.0 Å². The number of phenols is 1. The van der Waals surface area contributed by atoms with Crippen LogP contribution < -0.4 is 10.6 Å². The van der Waals surface area contributed by atoms with E-state index in [0.717, 1.165) is 56.9 Å². The van der Waals surface area contributed by atoms with Crippen molar-refractivity contribution in [3.63, 3.8) is 0 Å². The van der Waals surface area contributed by atoms with E-state index in [9.17, 15) is 19.5 Å². The van der Waals surface area contributed by atoms with Gasteiger partial charge in [0.25, 0.3) is 0 Å². The van der Waals surface area contributed by atoms with E-state index >= 15 is 0 Å². The zero-order valence-electron chi connectivity index (χ0n) is 25.7. The maximum atomic E-state index is 14.5. The molecule has 0 heterocycles. The first kappa shape index (κ1) is 33.0. The van der Waals surface area contributed by atoms with Crippen LogP contribution in [0.4, 0.5) is 4.79 Å². The Hall–Kier alpha value is -3.55. The second-order valence-electron chi connectivity index (χ2n) is 12.3. The summed E-state index contributed by atoms with van der Waals surface area (Å²) >= 11 is 0. The van der Waals surface area contributed by atoms with E-state index in [1.165, 1.54) is 6.07 Å². The van der Waals surface area contributed by atoms with Crippen molar-refractivity contribution >= 4 is 17.9 Å². The molecule has 2 atom stereocenters. The smallest absolute Gasteiger partial charge is 0.408 e. The van der Waals surface area contributed by atoms with Crippen molar-refractivity contribution in [1.29, 1.82) is 0 Å². The highest BCUT2D eigenvalue weighted by Crippen LogP contribution is 2.31. The van der Waals surface area contributed by atoms with Crippen LogP contribution in [0, 0.1) is 0 Å². The van der Waals surface area contributed by atoms with Crippen LogP contribution in [-0.2, 0) is 20.7 Å². The summed E-state index contributed by atoms with van der Waals surface area (Å²) in [6.07, 6.45) is 8.14. The Morgan fingerprint density at radius 1 is 0.952 bits per heavy atom. The molecule has 1 fully saturated rings.